The first kappa shape index (κ1) is 11.4. The molecule has 1 unspecified atom stereocenters. The molecule has 16 heavy (non-hydrogen) atoms. The van der Waals surface area contributed by atoms with Gasteiger partial charge in [0.25, 0.3) is 0 Å². The molecule has 0 aromatic carbocycles. The van der Waals surface area contributed by atoms with E-state index in [1.54, 1.807) is 13.1 Å². The lowest BCUT2D eigenvalue weighted by Gasteiger charge is -2.17. The van der Waals surface area contributed by atoms with Gasteiger partial charge >= 0.3 is 0 Å². The van der Waals surface area contributed by atoms with Crippen molar-refractivity contribution in [2.24, 2.45) is 5.92 Å². The number of anilines is 1. The maximum absolute atomic E-state index is 9.41. The maximum Gasteiger partial charge on any atom is 0.128 e. The number of rotatable bonds is 3. The highest BCUT2D eigenvalue weighted by atomic mass is 16.3. The molecule has 0 bridgehead atoms. The Morgan fingerprint density at radius 2 is 2.38 bits per heavy atom. The Labute approximate surface area is 97.1 Å². The average molecular weight is 220 g/mol. The fourth-order valence-electron chi connectivity index (χ4n) is 2.21. The Morgan fingerprint density at radius 3 is 2.88 bits per heavy atom. The lowest BCUT2D eigenvalue weighted by atomic mass is 10.1. The molecule has 0 saturated carbocycles. The van der Waals surface area contributed by atoms with Gasteiger partial charge in [0.1, 0.15) is 5.82 Å². The van der Waals surface area contributed by atoms with E-state index in [0.717, 1.165) is 30.4 Å². The van der Waals surface area contributed by atoms with Gasteiger partial charge < -0.3 is 10.0 Å². The highest BCUT2D eigenvalue weighted by Crippen LogP contribution is 2.24. The van der Waals surface area contributed by atoms with E-state index in [-0.39, 0.29) is 0 Å². The van der Waals surface area contributed by atoms with Gasteiger partial charge in [-0.2, -0.15) is 0 Å². The second-order valence-electron chi connectivity index (χ2n) is 4.63. The topological polar surface area (TPSA) is 36.4 Å². The van der Waals surface area contributed by atoms with E-state index in [2.05, 4.69) is 16.8 Å². The van der Waals surface area contributed by atoms with Crippen molar-refractivity contribution >= 4 is 5.82 Å². The van der Waals surface area contributed by atoms with E-state index in [1.807, 2.05) is 12.1 Å². The zero-order valence-corrected chi connectivity index (χ0v) is 10.1. The van der Waals surface area contributed by atoms with Crippen LogP contribution >= 0.6 is 0 Å². The van der Waals surface area contributed by atoms with Crippen LogP contribution in [-0.2, 0) is 0 Å². The van der Waals surface area contributed by atoms with Crippen LogP contribution in [0.5, 0.6) is 0 Å². The molecule has 2 rings (SSSR count). The first-order chi connectivity index (χ1) is 7.70. The third-order valence-electron chi connectivity index (χ3n) is 3.44. The minimum absolute atomic E-state index is 0.427. The van der Waals surface area contributed by atoms with Gasteiger partial charge in [0.05, 0.1) is 6.10 Å². The Bertz CT molecular complexity index is 334. The molecule has 1 fully saturated rings. The smallest absolute Gasteiger partial charge is 0.128 e. The van der Waals surface area contributed by atoms with Crippen molar-refractivity contribution in [1.29, 1.82) is 0 Å². The molecule has 2 atom stereocenters. The minimum Gasteiger partial charge on any atom is -0.389 e. The monoisotopic (exact) mass is 220 g/mol. The molecule has 1 aromatic rings. The summed E-state index contributed by atoms with van der Waals surface area (Å²) in [5.41, 5.74) is 0.884. The minimum atomic E-state index is -0.427. The Morgan fingerprint density at radius 1 is 1.56 bits per heavy atom. The first-order valence-corrected chi connectivity index (χ1v) is 6.09. The van der Waals surface area contributed by atoms with Crippen molar-refractivity contribution in [3.05, 3.63) is 23.9 Å². The molecular weight excluding hydrogens is 200 g/mol. The molecule has 1 aromatic heterocycles. The van der Waals surface area contributed by atoms with Gasteiger partial charge in [0.15, 0.2) is 0 Å². The van der Waals surface area contributed by atoms with Crippen LogP contribution in [0.4, 0.5) is 5.82 Å². The van der Waals surface area contributed by atoms with Crippen molar-refractivity contribution in [3.8, 4) is 0 Å². The van der Waals surface area contributed by atoms with Crippen LogP contribution < -0.4 is 4.90 Å². The number of nitrogens with zero attached hydrogens (tertiary/aromatic N) is 2. The number of hydrogen-bond acceptors (Lipinski definition) is 3. The van der Waals surface area contributed by atoms with Crippen LogP contribution in [0, 0.1) is 5.92 Å². The van der Waals surface area contributed by atoms with Crippen LogP contribution in [0.2, 0.25) is 0 Å². The summed E-state index contributed by atoms with van der Waals surface area (Å²) in [6, 6.07) is 3.98. The molecule has 0 radical (unpaired) electrons. The van der Waals surface area contributed by atoms with Crippen molar-refractivity contribution in [1.82, 2.24) is 4.98 Å². The van der Waals surface area contributed by atoms with E-state index in [9.17, 15) is 5.11 Å². The summed E-state index contributed by atoms with van der Waals surface area (Å²) >= 11 is 0. The molecule has 3 heteroatoms. The van der Waals surface area contributed by atoms with E-state index in [4.69, 9.17) is 0 Å². The second kappa shape index (κ2) is 4.83. The van der Waals surface area contributed by atoms with Gasteiger partial charge in [-0.3, -0.25) is 0 Å². The van der Waals surface area contributed by atoms with E-state index < -0.39 is 6.10 Å². The van der Waals surface area contributed by atoms with Crippen LogP contribution in [0.3, 0.4) is 0 Å². The summed E-state index contributed by atoms with van der Waals surface area (Å²) in [6.07, 6.45) is 3.88. The predicted octanol–water partition coefficient (Wildman–Crippen LogP) is 2.37. The highest BCUT2D eigenvalue weighted by Gasteiger charge is 2.21. The molecule has 1 aliphatic heterocycles. The summed E-state index contributed by atoms with van der Waals surface area (Å²) in [4.78, 5) is 6.75. The summed E-state index contributed by atoms with van der Waals surface area (Å²) in [5.74, 6) is 1.86. The fraction of sp³-hybridized carbons (Fsp3) is 0.615. The second-order valence-corrected chi connectivity index (χ2v) is 4.63. The largest absolute Gasteiger partial charge is 0.389 e. The predicted molar refractivity (Wildman–Crippen MR) is 65.5 cm³/mol. The van der Waals surface area contributed by atoms with E-state index >= 15 is 0 Å². The van der Waals surface area contributed by atoms with Crippen molar-refractivity contribution in [2.45, 2.75) is 32.8 Å². The molecule has 1 saturated heterocycles. The summed E-state index contributed by atoms with van der Waals surface area (Å²) in [5, 5.41) is 9.41. The van der Waals surface area contributed by atoms with Gasteiger partial charge in [-0.05, 0) is 30.9 Å². The number of aliphatic hydroxyl groups is 1. The molecule has 0 amide bonds. The fourth-order valence-corrected chi connectivity index (χ4v) is 2.21. The standard InChI is InChI=1S/C13H20N2O/c1-3-11-6-7-15(9-11)13-5-4-12(8-14-13)10(2)16/h4-5,8,10-11,16H,3,6-7,9H2,1-2H3/t10-,11?/m1/s1. The number of pyridine rings is 1. The van der Waals surface area contributed by atoms with Crippen LogP contribution in [-0.4, -0.2) is 23.2 Å². The van der Waals surface area contributed by atoms with Gasteiger partial charge in [-0.25, -0.2) is 4.98 Å². The van der Waals surface area contributed by atoms with Crippen molar-refractivity contribution in [3.63, 3.8) is 0 Å². The zero-order chi connectivity index (χ0) is 11.5. The van der Waals surface area contributed by atoms with Crippen LogP contribution in [0.1, 0.15) is 38.4 Å². The Kier molecular flexibility index (Phi) is 3.44. The van der Waals surface area contributed by atoms with Crippen molar-refractivity contribution in [2.75, 3.05) is 18.0 Å². The normalized spacial score (nSPS) is 22.4. The molecule has 1 N–H and O–H groups in total. The molecule has 1 aliphatic rings. The van der Waals surface area contributed by atoms with Crippen LogP contribution in [0.15, 0.2) is 18.3 Å². The third kappa shape index (κ3) is 2.35. The van der Waals surface area contributed by atoms with Gasteiger partial charge in [-0.15, -0.1) is 0 Å². The first-order valence-electron chi connectivity index (χ1n) is 6.09. The number of hydrogen-bond donors (Lipinski definition) is 1. The molecule has 0 aliphatic carbocycles. The lowest BCUT2D eigenvalue weighted by molar-refractivity contribution is 0.199. The quantitative estimate of drug-likeness (QED) is 0.849. The molecule has 0 spiro atoms. The Hall–Kier alpha value is -1.09. The van der Waals surface area contributed by atoms with Gasteiger partial charge in [0.2, 0.25) is 0 Å². The SMILES string of the molecule is CCC1CCN(c2ccc([C@@H](C)O)cn2)C1. The molecule has 3 nitrogen and oxygen atoms in total. The maximum atomic E-state index is 9.41. The number of aromatic nitrogens is 1. The van der Waals surface area contributed by atoms with E-state index in [0.29, 0.717) is 0 Å². The summed E-state index contributed by atoms with van der Waals surface area (Å²) in [7, 11) is 0. The molecule has 2 heterocycles. The molecule has 88 valence electrons. The van der Waals surface area contributed by atoms with Gasteiger partial charge in [0, 0.05) is 19.3 Å². The lowest BCUT2D eigenvalue weighted by Crippen LogP contribution is -2.20. The van der Waals surface area contributed by atoms with E-state index in [1.165, 1.54) is 12.8 Å². The average Bonchev–Trinajstić information content (AvgIpc) is 2.77. The Balaban J connectivity index is 2.05. The van der Waals surface area contributed by atoms with Gasteiger partial charge in [-0.1, -0.05) is 19.4 Å². The molecular formula is C13H20N2O. The third-order valence-corrected chi connectivity index (χ3v) is 3.44. The number of aliphatic hydroxyl groups excluding tert-OH is 1. The highest BCUT2D eigenvalue weighted by molar-refractivity contribution is 5.40. The zero-order valence-electron chi connectivity index (χ0n) is 10.1. The van der Waals surface area contributed by atoms with Crippen molar-refractivity contribution < 1.29 is 5.11 Å². The van der Waals surface area contributed by atoms with Crippen LogP contribution in [0.25, 0.3) is 0 Å². The summed E-state index contributed by atoms with van der Waals surface area (Å²) < 4.78 is 0. The summed E-state index contributed by atoms with van der Waals surface area (Å²) in [6.45, 7) is 6.24.